The summed E-state index contributed by atoms with van der Waals surface area (Å²) in [6.45, 7) is 0.577. The second kappa shape index (κ2) is 9.67. The van der Waals surface area contributed by atoms with Gasteiger partial charge in [-0.25, -0.2) is 8.42 Å². The van der Waals surface area contributed by atoms with Gasteiger partial charge in [-0.05, 0) is 55.5 Å². The molecule has 0 saturated carbocycles. The number of nitrogens with zero attached hydrogens (tertiary/aromatic N) is 1. The number of halogens is 4. The van der Waals surface area contributed by atoms with Gasteiger partial charge in [0.15, 0.2) is 6.10 Å². The van der Waals surface area contributed by atoms with Crippen LogP contribution in [0.4, 0.5) is 18.9 Å². The van der Waals surface area contributed by atoms with Crippen LogP contribution in [0, 0.1) is 0 Å². The van der Waals surface area contributed by atoms with Crippen molar-refractivity contribution in [1.29, 1.82) is 0 Å². The third-order valence-corrected chi connectivity index (χ3v) is 6.10. The molecule has 0 radical (unpaired) electrons. The zero-order chi connectivity index (χ0) is 23.4. The summed E-state index contributed by atoms with van der Waals surface area (Å²) >= 11 is 5.73. The van der Waals surface area contributed by atoms with Crippen molar-refractivity contribution in [3.05, 3.63) is 59.1 Å². The number of esters is 1. The first-order valence-corrected chi connectivity index (χ1v) is 10.5. The van der Waals surface area contributed by atoms with Crippen molar-refractivity contribution in [3.8, 4) is 0 Å². The minimum atomic E-state index is -4.51. The van der Waals surface area contributed by atoms with Crippen LogP contribution in [0.2, 0.25) is 5.02 Å². The van der Waals surface area contributed by atoms with Crippen LogP contribution < -0.4 is 5.32 Å². The second-order valence-corrected chi connectivity index (χ2v) is 8.89. The maximum atomic E-state index is 12.6. The molecule has 0 aliphatic heterocycles. The maximum absolute atomic E-state index is 12.6. The number of carbonyl (C=O) groups excluding carboxylic acids is 2. The summed E-state index contributed by atoms with van der Waals surface area (Å²) in [6.07, 6.45) is -5.83. The molecule has 1 atom stereocenters. The number of sulfonamides is 1. The molecule has 168 valence electrons. The van der Waals surface area contributed by atoms with E-state index < -0.39 is 46.3 Å². The summed E-state index contributed by atoms with van der Waals surface area (Å²) in [7, 11) is -2.83. The summed E-state index contributed by atoms with van der Waals surface area (Å²) in [5.74, 6) is -1.79. The first-order valence-electron chi connectivity index (χ1n) is 8.70. The summed E-state index contributed by atoms with van der Waals surface area (Å²) in [5.41, 5.74) is -0.807. The van der Waals surface area contributed by atoms with Crippen molar-refractivity contribution in [2.75, 3.05) is 18.9 Å². The van der Waals surface area contributed by atoms with Gasteiger partial charge in [-0.1, -0.05) is 11.6 Å². The highest BCUT2D eigenvalue weighted by atomic mass is 35.5. The van der Waals surface area contributed by atoms with E-state index in [-0.39, 0.29) is 10.6 Å². The van der Waals surface area contributed by atoms with Gasteiger partial charge < -0.3 is 10.1 Å². The fourth-order valence-corrected chi connectivity index (χ4v) is 3.57. The Kier molecular flexibility index (Phi) is 7.68. The fourth-order valence-electron chi connectivity index (χ4n) is 2.33. The van der Waals surface area contributed by atoms with E-state index in [4.69, 9.17) is 16.3 Å². The van der Waals surface area contributed by atoms with Gasteiger partial charge >= 0.3 is 12.1 Å². The summed E-state index contributed by atoms with van der Waals surface area (Å²) in [4.78, 5) is 24.1. The van der Waals surface area contributed by atoms with Gasteiger partial charge in [0, 0.05) is 17.8 Å². The number of rotatable bonds is 7. The van der Waals surface area contributed by atoms with Gasteiger partial charge in [-0.15, -0.1) is 0 Å². The molecule has 0 aliphatic carbocycles. The molecule has 0 fully saturated rings. The van der Waals surface area contributed by atoms with Crippen molar-refractivity contribution in [3.63, 3.8) is 0 Å². The molecular formula is C19H18ClF3N2O5S. The van der Waals surface area contributed by atoms with Crippen LogP contribution in [0.3, 0.4) is 0 Å². The van der Waals surface area contributed by atoms with Crippen molar-refractivity contribution in [1.82, 2.24) is 4.31 Å². The van der Waals surface area contributed by atoms with Crippen molar-refractivity contribution >= 4 is 39.2 Å². The van der Waals surface area contributed by atoms with Gasteiger partial charge in [-0.2, -0.15) is 17.5 Å². The number of hydrogen-bond donors (Lipinski definition) is 1. The molecule has 2 aromatic carbocycles. The number of likely N-dealkylation sites (N-methyl/N-ethyl adjacent to an activating group) is 1. The molecule has 0 saturated heterocycles. The number of hydrogen-bond acceptors (Lipinski definition) is 5. The monoisotopic (exact) mass is 478 g/mol. The smallest absolute Gasteiger partial charge is 0.416 e. The molecule has 31 heavy (non-hydrogen) atoms. The third-order valence-electron chi connectivity index (χ3n) is 4.03. The Morgan fingerprint density at radius 2 is 1.65 bits per heavy atom. The van der Waals surface area contributed by atoms with Crippen LogP contribution in [0.1, 0.15) is 12.5 Å². The van der Waals surface area contributed by atoms with Gasteiger partial charge in [0.25, 0.3) is 5.91 Å². The molecule has 12 heteroatoms. The van der Waals surface area contributed by atoms with Crippen molar-refractivity contribution in [2.45, 2.75) is 24.1 Å². The second-order valence-electron chi connectivity index (χ2n) is 6.41. The highest BCUT2D eigenvalue weighted by Crippen LogP contribution is 2.29. The fraction of sp³-hybridized carbons (Fsp3) is 0.263. The quantitative estimate of drug-likeness (QED) is 0.614. The lowest BCUT2D eigenvalue weighted by molar-refractivity contribution is -0.153. The molecule has 0 spiro atoms. The van der Waals surface area contributed by atoms with E-state index in [1.807, 2.05) is 0 Å². The van der Waals surface area contributed by atoms with Crippen LogP contribution >= 0.6 is 11.6 Å². The Hall–Kier alpha value is -2.63. The summed E-state index contributed by atoms with van der Waals surface area (Å²) < 4.78 is 68.3. The maximum Gasteiger partial charge on any atom is 0.416 e. The Labute approximate surface area is 181 Å². The van der Waals surface area contributed by atoms with Gasteiger partial charge in [0.05, 0.1) is 10.5 Å². The Balaban J connectivity index is 1.93. The zero-order valence-corrected chi connectivity index (χ0v) is 17.9. The highest BCUT2D eigenvalue weighted by Gasteiger charge is 2.30. The normalized spacial score (nSPS) is 13.0. The molecule has 1 unspecified atom stereocenters. The van der Waals surface area contributed by atoms with E-state index in [1.165, 1.54) is 31.2 Å². The van der Waals surface area contributed by atoms with Crippen LogP contribution in [0.5, 0.6) is 0 Å². The number of ether oxygens (including phenoxy) is 1. The van der Waals surface area contributed by atoms with Gasteiger partial charge in [0.2, 0.25) is 10.0 Å². The highest BCUT2D eigenvalue weighted by molar-refractivity contribution is 7.89. The van der Waals surface area contributed by atoms with E-state index >= 15 is 0 Å². The van der Waals surface area contributed by atoms with Gasteiger partial charge in [-0.3, -0.25) is 9.59 Å². The molecular weight excluding hydrogens is 461 g/mol. The lowest BCUT2D eigenvalue weighted by Crippen LogP contribution is -2.37. The van der Waals surface area contributed by atoms with E-state index in [0.717, 1.165) is 35.6 Å². The average molecular weight is 479 g/mol. The number of carbonyl (C=O) groups is 2. The first-order chi connectivity index (χ1) is 14.3. The number of benzene rings is 2. The lowest BCUT2D eigenvalue weighted by atomic mass is 10.2. The van der Waals surface area contributed by atoms with Crippen molar-refractivity contribution < 1.29 is 35.9 Å². The molecule has 0 aliphatic rings. The molecule has 0 bridgehead atoms. The molecule has 2 aromatic rings. The Morgan fingerprint density at radius 1 is 1.10 bits per heavy atom. The Morgan fingerprint density at radius 3 is 2.16 bits per heavy atom. The zero-order valence-electron chi connectivity index (χ0n) is 16.3. The molecule has 7 nitrogen and oxygen atoms in total. The van der Waals surface area contributed by atoms with Crippen LogP contribution in [-0.2, 0) is 30.5 Å². The topological polar surface area (TPSA) is 92.8 Å². The minimum absolute atomic E-state index is 0.0725. The number of nitrogens with one attached hydrogen (secondary N) is 1. The van der Waals surface area contributed by atoms with E-state index in [9.17, 15) is 31.2 Å². The lowest BCUT2D eigenvalue weighted by Gasteiger charge is -2.18. The van der Waals surface area contributed by atoms with E-state index in [2.05, 4.69) is 5.32 Å². The van der Waals surface area contributed by atoms with Crippen molar-refractivity contribution in [2.24, 2.45) is 0 Å². The van der Waals surface area contributed by atoms with Crippen LogP contribution in [0.15, 0.2) is 53.4 Å². The predicted octanol–water partition coefficient (Wildman–Crippen LogP) is 3.55. The SMILES string of the molecule is CC(OC(=O)CN(C)S(=O)(=O)c1ccc(Cl)cc1)C(=O)Nc1ccc(C(F)(F)F)cc1. The molecule has 0 aromatic heterocycles. The third kappa shape index (κ3) is 6.68. The van der Waals surface area contributed by atoms with Crippen LogP contribution in [0.25, 0.3) is 0 Å². The van der Waals surface area contributed by atoms with Gasteiger partial charge in [0.1, 0.15) is 6.54 Å². The molecule has 0 heterocycles. The first kappa shape index (κ1) is 24.6. The average Bonchev–Trinajstić information content (AvgIpc) is 2.67. The minimum Gasteiger partial charge on any atom is -0.452 e. The number of amides is 1. The van der Waals surface area contributed by atoms with Crippen LogP contribution in [-0.4, -0.2) is 44.3 Å². The standard InChI is InChI=1S/C19H18ClF3N2O5S/c1-12(18(27)24-15-7-3-13(4-8-15)19(21,22)23)30-17(26)11-25(2)31(28,29)16-9-5-14(20)6-10-16/h3-10,12H,11H2,1-2H3,(H,24,27). The molecule has 1 N–H and O–H groups in total. The molecule has 1 amide bonds. The number of anilines is 1. The van der Waals surface area contributed by atoms with E-state index in [1.54, 1.807) is 0 Å². The summed E-state index contributed by atoms with van der Waals surface area (Å²) in [5, 5.41) is 2.65. The Bertz CT molecular complexity index is 1040. The number of alkyl halides is 3. The summed E-state index contributed by atoms with van der Waals surface area (Å²) in [6, 6.07) is 9.02. The largest absolute Gasteiger partial charge is 0.452 e. The predicted molar refractivity (Wildman–Crippen MR) is 107 cm³/mol. The molecule has 2 rings (SSSR count). The van der Waals surface area contributed by atoms with E-state index in [0.29, 0.717) is 5.02 Å².